The summed E-state index contributed by atoms with van der Waals surface area (Å²) in [5.41, 5.74) is 0.431. The second-order valence-corrected chi connectivity index (χ2v) is 8.04. The lowest BCUT2D eigenvalue weighted by Gasteiger charge is -2.32. The Hall–Kier alpha value is -3.06. The Morgan fingerprint density at radius 1 is 1.09 bits per heavy atom. The molecular weight excluding hydrogens is 432 g/mol. The molecule has 2 aromatic carbocycles. The highest BCUT2D eigenvalue weighted by Crippen LogP contribution is 2.23. The minimum atomic E-state index is -0.435. The standard InChI is InChI=1S/C24H27ClN2O5/c1-17(28)32-20-7-4-6-18(16-20)24(30)26-19-11-13-27(14-12-19)23(29)10-5-15-31-22-9-3-2-8-21(22)25/h2-4,6-9,16,19H,5,10-15H2,1H3,(H,26,30). The number of esters is 1. The van der Waals surface area contributed by atoms with Crippen LogP contribution in [0.4, 0.5) is 0 Å². The van der Waals surface area contributed by atoms with Gasteiger partial charge in [0.15, 0.2) is 0 Å². The molecule has 0 aliphatic carbocycles. The zero-order chi connectivity index (χ0) is 22.9. The zero-order valence-corrected chi connectivity index (χ0v) is 18.8. The van der Waals surface area contributed by atoms with Crippen LogP contribution in [0.25, 0.3) is 0 Å². The highest BCUT2D eigenvalue weighted by atomic mass is 35.5. The van der Waals surface area contributed by atoms with Crippen molar-refractivity contribution in [3.8, 4) is 11.5 Å². The van der Waals surface area contributed by atoms with E-state index in [0.29, 0.717) is 67.5 Å². The summed E-state index contributed by atoms with van der Waals surface area (Å²) in [4.78, 5) is 37.9. The number of hydrogen-bond acceptors (Lipinski definition) is 5. The molecule has 1 aliphatic heterocycles. The lowest BCUT2D eigenvalue weighted by Crippen LogP contribution is -2.46. The Morgan fingerprint density at radius 2 is 1.84 bits per heavy atom. The summed E-state index contributed by atoms with van der Waals surface area (Å²) < 4.78 is 10.7. The number of nitrogens with one attached hydrogen (secondary N) is 1. The van der Waals surface area contributed by atoms with Crippen molar-refractivity contribution in [3.05, 3.63) is 59.1 Å². The molecule has 2 aromatic rings. The maximum Gasteiger partial charge on any atom is 0.308 e. The molecule has 0 saturated carbocycles. The van der Waals surface area contributed by atoms with Gasteiger partial charge in [0, 0.05) is 38.0 Å². The predicted molar refractivity (Wildman–Crippen MR) is 121 cm³/mol. The first-order valence-electron chi connectivity index (χ1n) is 10.7. The smallest absolute Gasteiger partial charge is 0.308 e. The number of ether oxygens (including phenoxy) is 2. The van der Waals surface area contributed by atoms with Crippen molar-refractivity contribution in [1.82, 2.24) is 10.2 Å². The molecule has 1 heterocycles. The molecule has 32 heavy (non-hydrogen) atoms. The molecule has 0 aromatic heterocycles. The molecular formula is C24H27ClN2O5. The van der Waals surface area contributed by atoms with Crippen LogP contribution in [-0.2, 0) is 9.59 Å². The minimum Gasteiger partial charge on any atom is -0.492 e. The first-order chi connectivity index (χ1) is 15.4. The molecule has 170 valence electrons. The van der Waals surface area contributed by atoms with Crippen LogP contribution >= 0.6 is 11.6 Å². The maximum atomic E-state index is 12.5. The average Bonchev–Trinajstić information content (AvgIpc) is 2.78. The SMILES string of the molecule is CC(=O)Oc1cccc(C(=O)NC2CCN(C(=O)CCCOc3ccccc3Cl)CC2)c1. The number of hydrogen-bond donors (Lipinski definition) is 1. The molecule has 7 nitrogen and oxygen atoms in total. The number of piperidine rings is 1. The number of benzene rings is 2. The van der Waals surface area contributed by atoms with Gasteiger partial charge < -0.3 is 19.7 Å². The fourth-order valence-electron chi connectivity index (χ4n) is 3.53. The Morgan fingerprint density at radius 3 is 2.56 bits per heavy atom. The summed E-state index contributed by atoms with van der Waals surface area (Å²) in [5.74, 6) is 0.391. The highest BCUT2D eigenvalue weighted by Gasteiger charge is 2.24. The number of carbonyl (C=O) groups is 3. The van der Waals surface area contributed by atoms with Gasteiger partial charge in [0.2, 0.25) is 5.91 Å². The van der Waals surface area contributed by atoms with Gasteiger partial charge in [-0.2, -0.15) is 0 Å². The van der Waals surface area contributed by atoms with E-state index in [-0.39, 0.29) is 17.9 Å². The Kier molecular flexibility index (Phi) is 8.50. The topological polar surface area (TPSA) is 84.9 Å². The van der Waals surface area contributed by atoms with Crippen molar-refractivity contribution < 1.29 is 23.9 Å². The van der Waals surface area contributed by atoms with Crippen LogP contribution in [0.5, 0.6) is 11.5 Å². The molecule has 3 rings (SSSR count). The summed E-state index contributed by atoms with van der Waals surface area (Å²) in [6.07, 6.45) is 2.40. The van der Waals surface area contributed by atoms with E-state index in [1.54, 1.807) is 36.4 Å². The Labute approximate surface area is 192 Å². The van der Waals surface area contributed by atoms with E-state index in [4.69, 9.17) is 21.1 Å². The number of nitrogens with zero attached hydrogens (tertiary/aromatic N) is 1. The molecule has 1 aliphatic rings. The van der Waals surface area contributed by atoms with E-state index in [9.17, 15) is 14.4 Å². The predicted octanol–water partition coefficient (Wildman–Crippen LogP) is 3.85. The van der Waals surface area contributed by atoms with Gasteiger partial charge in [-0.3, -0.25) is 14.4 Å². The van der Waals surface area contributed by atoms with Crippen molar-refractivity contribution in [2.75, 3.05) is 19.7 Å². The van der Waals surface area contributed by atoms with Crippen molar-refractivity contribution in [2.45, 2.75) is 38.6 Å². The van der Waals surface area contributed by atoms with Gasteiger partial charge in [-0.1, -0.05) is 29.8 Å². The summed E-state index contributed by atoms with van der Waals surface area (Å²) >= 11 is 6.05. The molecule has 0 unspecified atom stereocenters. The molecule has 8 heteroatoms. The van der Waals surface area contributed by atoms with Crippen molar-refractivity contribution >= 4 is 29.4 Å². The van der Waals surface area contributed by atoms with Crippen molar-refractivity contribution in [2.24, 2.45) is 0 Å². The van der Waals surface area contributed by atoms with Gasteiger partial charge in [-0.05, 0) is 49.6 Å². The molecule has 1 fully saturated rings. The molecule has 1 N–H and O–H groups in total. The zero-order valence-electron chi connectivity index (χ0n) is 18.0. The van der Waals surface area contributed by atoms with E-state index < -0.39 is 5.97 Å². The third kappa shape index (κ3) is 6.99. The third-order valence-corrected chi connectivity index (χ3v) is 5.48. The van der Waals surface area contributed by atoms with Gasteiger partial charge >= 0.3 is 5.97 Å². The van der Waals surface area contributed by atoms with Crippen LogP contribution in [0.3, 0.4) is 0 Å². The van der Waals surface area contributed by atoms with Gasteiger partial charge in [-0.15, -0.1) is 0 Å². The third-order valence-electron chi connectivity index (χ3n) is 5.17. The summed E-state index contributed by atoms with van der Waals surface area (Å²) in [6, 6.07) is 13.8. The number of carbonyl (C=O) groups excluding carboxylic acids is 3. The maximum absolute atomic E-state index is 12.5. The van der Waals surface area contributed by atoms with Gasteiger partial charge in [0.05, 0.1) is 11.6 Å². The summed E-state index contributed by atoms with van der Waals surface area (Å²) in [6.45, 7) is 2.94. The van der Waals surface area contributed by atoms with Crippen LogP contribution in [0, 0.1) is 0 Å². The van der Waals surface area contributed by atoms with E-state index in [1.807, 2.05) is 17.0 Å². The molecule has 0 atom stereocenters. The second-order valence-electron chi connectivity index (χ2n) is 7.63. The average molecular weight is 459 g/mol. The Balaban J connectivity index is 1.38. The minimum absolute atomic E-state index is 0.00696. The second kappa shape index (κ2) is 11.5. The number of para-hydroxylation sites is 1. The van der Waals surface area contributed by atoms with Crippen LogP contribution in [0.15, 0.2) is 48.5 Å². The molecule has 2 amide bonds. The van der Waals surface area contributed by atoms with Gasteiger partial charge in [0.1, 0.15) is 11.5 Å². The number of amides is 2. The van der Waals surface area contributed by atoms with Crippen LogP contribution < -0.4 is 14.8 Å². The molecule has 0 radical (unpaired) electrons. The first-order valence-corrected chi connectivity index (χ1v) is 11.0. The molecule has 1 saturated heterocycles. The van der Waals surface area contributed by atoms with Crippen LogP contribution in [-0.4, -0.2) is 48.4 Å². The van der Waals surface area contributed by atoms with E-state index in [0.717, 1.165) is 0 Å². The lowest BCUT2D eigenvalue weighted by molar-refractivity contribution is -0.133. The van der Waals surface area contributed by atoms with Gasteiger partial charge in [0.25, 0.3) is 5.91 Å². The van der Waals surface area contributed by atoms with Gasteiger partial charge in [-0.25, -0.2) is 0 Å². The summed E-state index contributed by atoms with van der Waals surface area (Å²) in [7, 11) is 0. The number of likely N-dealkylation sites (tertiary alicyclic amines) is 1. The van der Waals surface area contributed by atoms with Crippen molar-refractivity contribution in [3.63, 3.8) is 0 Å². The quantitative estimate of drug-likeness (QED) is 0.369. The fourth-order valence-corrected chi connectivity index (χ4v) is 3.72. The molecule has 0 spiro atoms. The summed E-state index contributed by atoms with van der Waals surface area (Å²) in [5, 5.41) is 3.56. The largest absolute Gasteiger partial charge is 0.492 e. The van der Waals surface area contributed by atoms with E-state index in [2.05, 4.69) is 5.32 Å². The molecule has 0 bridgehead atoms. The fraction of sp³-hybridized carbons (Fsp3) is 0.375. The highest BCUT2D eigenvalue weighted by molar-refractivity contribution is 6.32. The van der Waals surface area contributed by atoms with E-state index >= 15 is 0 Å². The number of halogens is 1. The monoisotopic (exact) mass is 458 g/mol. The van der Waals surface area contributed by atoms with E-state index in [1.165, 1.54) is 6.92 Å². The number of rotatable bonds is 8. The van der Waals surface area contributed by atoms with Crippen molar-refractivity contribution in [1.29, 1.82) is 0 Å². The first kappa shape index (κ1) is 23.6. The van der Waals surface area contributed by atoms with Crippen LogP contribution in [0.1, 0.15) is 43.0 Å². The normalized spacial score (nSPS) is 14.0. The Bertz CT molecular complexity index is 957. The lowest BCUT2D eigenvalue weighted by atomic mass is 10.0. The van der Waals surface area contributed by atoms with Crippen LogP contribution in [0.2, 0.25) is 5.02 Å².